The first-order chi connectivity index (χ1) is 7.66. The standard InChI is InChI=1S/C11H20N2O2S/c1-11(2)3-6-16-10(13-11)12-7-9-8-14-4-5-15-9/h9H,3-8H2,1-2H3,(H,12,13). The van der Waals surface area contributed by atoms with Gasteiger partial charge in [-0.3, -0.25) is 4.99 Å². The van der Waals surface area contributed by atoms with Gasteiger partial charge in [0, 0.05) is 11.3 Å². The van der Waals surface area contributed by atoms with E-state index < -0.39 is 0 Å². The van der Waals surface area contributed by atoms with Crippen LogP contribution in [0.2, 0.25) is 0 Å². The minimum absolute atomic E-state index is 0.133. The van der Waals surface area contributed by atoms with Crippen molar-refractivity contribution in [2.75, 3.05) is 32.1 Å². The van der Waals surface area contributed by atoms with Gasteiger partial charge in [-0.05, 0) is 20.3 Å². The molecule has 0 bridgehead atoms. The molecule has 2 saturated heterocycles. The molecule has 0 aliphatic carbocycles. The average molecular weight is 244 g/mol. The summed E-state index contributed by atoms with van der Waals surface area (Å²) in [6.45, 7) is 7.20. The molecule has 0 aromatic rings. The summed E-state index contributed by atoms with van der Waals surface area (Å²) in [6.07, 6.45) is 1.31. The highest BCUT2D eigenvalue weighted by molar-refractivity contribution is 8.13. The van der Waals surface area contributed by atoms with Gasteiger partial charge < -0.3 is 14.8 Å². The lowest BCUT2D eigenvalue weighted by Gasteiger charge is -2.32. The number of nitrogens with zero attached hydrogens (tertiary/aromatic N) is 1. The number of hydrogen-bond acceptors (Lipinski definition) is 4. The Kier molecular flexibility index (Phi) is 4.10. The van der Waals surface area contributed by atoms with Crippen molar-refractivity contribution in [2.45, 2.75) is 31.9 Å². The Hall–Kier alpha value is -0.260. The predicted octanol–water partition coefficient (Wildman–Crippen LogP) is 1.26. The molecular weight excluding hydrogens is 224 g/mol. The monoisotopic (exact) mass is 244 g/mol. The lowest BCUT2D eigenvalue weighted by atomic mass is 10.0. The largest absolute Gasteiger partial charge is 0.376 e. The van der Waals surface area contributed by atoms with Crippen molar-refractivity contribution in [1.82, 2.24) is 5.32 Å². The van der Waals surface area contributed by atoms with E-state index in [1.807, 2.05) is 0 Å². The van der Waals surface area contributed by atoms with Gasteiger partial charge in [0.15, 0.2) is 5.17 Å². The van der Waals surface area contributed by atoms with Crippen molar-refractivity contribution in [1.29, 1.82) is 0 Å². The molecule has 16 heavy (non-hydrogen) atoms. The van der Waals surface area contributed by atoms with Crippen LogP contribution >= 0.6 is 11.8 Å². The van der Waals surface area contributed by atoms with Crippen LogP contribution in [0.4, 0.5) is 0 Å². The van der Waals surface area contributed by atoms with Crippen LogP contribution < -0.4 is 5.32 Å². The molecule has 5 heteroatoms. The SMILES string of the molecule is CC1(C)CCSC(=NCC2COCCO2)N1. The van der Waals surface area contributed by atoms with Gasteiger partial charge in [0.2, 0.25) is 0 Å². The number of nitrogens with one attached hydrogen (secondary N) is 1. The van der Waals surface area contributed by atoms with E-state index in [0.717, 1.165) is 10.9 Å². The Morgan fingerprint density at radius 1 is 1.50 bits per heavy atom. The van der Waals surface area contributed by atoms with E-state index in [-0.39, 0.29) is 11.6 Å². The molecule has 4 nitrogen and oxygen atoms in total. The molecule has 2 aliphatic rings. The van der Waals surface area contributed by atoms with E-state index in [1.165, 1.54) is 6.42 Å². The summed E-state index contributed by atoms with van der Waals surface area (Å²) < 4.78 is 10.9. The molecule has 0 amide bonds. The van der Waals surface area contributed by atoms with Gasteiger partial charge in [0.1, 0.15) is 6.10 Å². The highest BCUT2D eigenvalue weighted by atomic mass is 32.2. The fourth-order valence-electron chi connectivity index (χ4n) is 1.70. The zero-order valence-corrected chi connectivity index (χ0v) is 10.8. The van der Waals surface area contributed by atoms with Crippen molar-refractivity contribution in [3.05, 3.63) is 0 Å². The number of hydrogen-bond donors (Lipinski definition) is 1. The molecule has 1 atom stereocenters. The quantitative estimate of drug-likeness (QED) is 0.794. The first-order valence-electron chi connectivity index (χ1n) is 5.80. The van der Waals surface area contributed by atoms with Gasteiger partial charge in [-0.2, -0.15) is 0 Å². The lowest BCUT2D eigenvalue weighted by Crippen LogP contribution is -2.46. The van der Waals surface area contributed by atoms with E-state index in [9.17, 15) is 0 Å². The Labute approximate surface area is 101 Å². The number of ether oxygens (including phenoxy) is 2. The lowest BCUT2D eigenvalue weighted by molar-refractivity contribution is -0.0832. The van der Waals surface area contributed by atoms with Crippen LogP contribution in [-0.4, -0.2) is 48.9 Å². The van der Waals surface area contributed by atoms with Crippen molar-refractivity contribution < 1.29 is 9.47 Å². The second-order valence-corrected chi connectivity index (χ2v) is 5.90. The Balaban J connectivity index is 1.81. The van der Waals surface area contributed by atoms with Crippen LogP contribution in [0.3, 0.4) is 0 Å². The number of aliphatic imine (C=N–C) groups is 1. The molecule has 2 fully saturated rings. The summed E-state index contributed by atoms with van der Waals surface area (Å²) in [6, 6.07) is 0. The first kappa shape index (κ1) is 12.2. The fourth-order valence-corrected chi connectivity index (χ4v) is 3.02. The predicted molar refractivity (Wildman–Crippen MR) is 67.2 cm³/mol. The van der Waals surface area contributed by atoms with Crippen LogP contribution in [0.1, 0.15) is 20.3 Å². The minimum Gasteiger partial charge on any atom is -0.376 e. The zero-order chi connectivity index (χ0) is 11.4. The Morgan fingerprint density at radius 3 is 3.06 bits per heavy atom. The van der Waals surface area contributed by atoms with Crippen LogP contribution in [0.25, 0.3) is 0 Å². The summed E-state index contributed by atoms with van der Waals surface area (Å²) in [7, 11) is 0. The molecule has 2 aliphatic heterocycles. The van der Waals surface area contributed by atoms with E-state index in [0.29, 0.717) is 26.4 Å². The molecule has 0 aromatic heterocycles. The normalized spacial score (nSPS) is 32.4. The van der Waals surface area contributed by atoms with Crippen LogP contribution in [0.15, 0.2) is 4.99 Å². The third kappa shape index (κ3) is 3.64. The highest BCUT2D eigenvalue weighted by Gasteiger charge is 2.24. The third-order valence-electron chi connectivity index (χ3n) is 2.73. The van der Waals surface area contributed by atoms with Gasteiger partial charge in [-0.1, -0.05) is 11.8 Å². The summed E-state index contributed by atoms with van der Waals surface area (Å²) in [5.41, 5.74) is 0.175. The molecule has 2 rings (SSSR count). The molecule has 92 valence electrons. The molecule has 0 aromatic carbocycles. The Bertz CT molecular complexity index is 263. The van der Waals surface area contributed by atoms with Crippen molar-refractivity contribution in [3.63, 3.8) is 0 Å². The van der Waals surface area contributed by atoms with E-state index in [2.05, 4.69) is 24.2 Å². The van der Waals surface area contributed by atoms with E-state index in [4.69, 9.17) is 9.47 Å². The maximum absolute atomic E-state index is 5.55. The maximum Gasteiger partial charge on any atom is 0.157 e. The molecule has 2 heterocycles. The van der Waals surface area contributed by atoms with Gasteiger partial charge in [0.25, 0.3) is 0 Å². The van der Waals surface area contributed by atoms with Crippen molar-refractivity contribution in [3.8, 4) is 0 Å². The van der Waals surface area contributed by atoms with Gasteiger partial charge >= 0.3 is 0 Å². The highest BCUT2D eigenvalue weighted by Crippen LogP contribution is 2.21. The Morgan fingerprint density at radius 2 is 2.38 bits per heavy atom. The molecule has 1 unspecified atom stereocenters. The second-order valence-electron chi connectivity index (χ2n) is 4.82. The molecule has 1 N–H and O–H groups in total. The molecular formula is C11H20N2O2S. The maximum atomic E-state index is 5.55. The first-order valence-corrected chi connectivity index (χ1v) is 6.79. The van der Waals surface area contributed by atoms with E-state index >= 15 is 0 Å². The van der Waals surface area contributed by atoms with Crippen LogP contribution in [0.5, 0.6) is 0 Å². The topological polar surface area (TPSA) is 42.9 Å². The third-order valence-corrected chi connectivity index (χ3v) is 3.65. The van der Waals surface area contributed by atoms with Gasteiger partial charge in [-0.25, -0.2) is 0 Å². The second kappa shape index (κ2) is 5.38. The van der Waals surface area contributed by atoms with Crippen molar-refractivity contribution in [2.24, 2.45) is 4.99 Å². The van der Waals surface area contributed by atoms with Crippen LogP contribution in [0, 0.1) is 0 Å². The average Bonchev–Trinajstić information content (AvgIpc) is 2.27. The van der Waals surface area contributed by atoms with Gasteiger partial charge in [0.05, 0.1) is 26.4 Å². The summed E-state index contributed by atoms with van der Waals surface area (Å²) in [4.78, 5) is 4.57. The zero-order valence-electron chi connectivity index (χ0n) is 9.99. The molecule has 0 spiro atoms. The van der Waals surface area contributed by atoms with Crippen LogP contribution in [-0.2, 0) is 9.47 Å². The summed E-state index contributed by atoms with van der Waals surface area (Å²) in [5, 5.41) is 4.50. The summed E-state index contributed by atoms with van der Waals surface area (Å²) in [5.74, 6) is 1.14. The van der Waals surface area contributed by atoms with Gasteiger partial charge in [-0.15, -0.1) is 0 Å². The number of rotatable bonds is 2. The number of amidine groups is 1. The fraction of sp³-hybridized carbons (Fsp3) is 0.909. The van der Waals surface area contributed by atoms with Crippen molar-refractivity contribution >= 4 is 16.9 Å². The minimum atomic E-state index is 0.133. The number of thioether (sulfide) groups is 1. The smallest absolute Gasteiger partial charge is 0.157 e. The molecule has 0 saturated carbocycles. The molecule has 0 radical (unpaired) electrons. The summed E-state index contributed by atoms with van der Waals surface area (Å²) >= 11 is 1.80. The van der Waals surface area contributed by atoms with E-state index in [1.54, 1.807) is 11.8 Å².